The Balaban J connectivity index is 3.45. The highest BCUT2D eigenvalue weighted by atomic mass is 16.6. The lowest BCUT2D eigenvalue weighted by Crippen LogP contribution is -2.28. The molecule has 1 atom stereocenters. The molecule has 0 aliphatic heterocycles. The second-order valence-corrected chi connectivity index (χ2v) is 22.9. The third-order valence-electron chi connectivity index (χ3n) is 15.1. The molecule has 0 heterocycles. The van der Waals surface area contributed by atoms with E-state index in [1.54, 1.807) is 0 Å². The van der Waals surface area contributed by atoms with Crippen LogP contribution in [0.2, 0.25) is 0 Å². The zero-order chi connectivity index (χ0) is 57.6. The van der Waals surface area contributed by atoms with Gasteiger partial charge in [0.2, 0.25) is 0 Å². The van der Waals surface area contributed by atoms with Gasteiger partial charge in [-0.1, -0.05) is 329 Å². The molecule has 0 aromatic carbocycles. The maximum Gasteiger partial charge on any atom is 0.306 e. The van der Waals surface area contributed by atoms with Gasteiger partial charge >= 0.3 is 11.9 Å². The predicted octanol–water partition coefficient (Wildman–Crippen LogP) is 24.0. The van der Waals surface area contributed by atoms with Crippen LogP contribution >= 0.6 is 0 Å². The number of carbonyl (C=O) groups excluding carboxylic acids is 2. The van der Waals surface area contributed by atoms with E-state index in [1.165, 1.54) is 218 Å². The number of ether oxygens (including phenoxy) is 2. The van der Waals surface area contributed by atoms with E-state index < -0.39 is 6.10 Å². The molecule has 80 heavy (non-hydrogen) atoms. The fourth-order valence-electron chi connectivity index (χ4n) is 9.92. The summed E-state index contributed by atoms with van der Waals surface area (Å²) in [4.78, 5) is 24.6. The molecule has 0 saturated heterocycles. The van der Waals surface area contributed by atoms with E-state index in [1.807, 2.05) is 0 Å². The fraction of sp³-hybridized carbons (Fsp3) is 0.733. The summed E-state index contributed by atoms with van der Waals surface area (Å²) >= 11 is 0. The Labute approximate surface area is 497 Å². The van der Waals surface area contributed by atoms with Gasteiger partial charge in [0.25, 0.3) is 0 Å². The highest BCUT2D eigenvalue weighted by molar-refractivity contribution is 5.70. The van der Waals surface area contributed by atoms with Crippen LogP contribution in [0.4, 0.5) is 0 Å². The molecule has 0 spiro atoms. The Hall–Kier alpha value is -3.44. The first-order valence-corrected chi connectivity index (χ1v) is 34.4. The molecule has 0 radical (unpaired) electrons. The van der Waals surface area contributed by atoms with E-state index in [0.29, 0.717) is 12.8 Å². The van der Waals surface area contributed by atoms with Crippen molar-refractivity contribution in [1.82, 2.24) is 0 Å². The van der Waals surface area contributed by atoms with Crippen LogP contribution in [0.3, 0.4) is 0 Å². The number of hydrogen-bond donors (Lipinski definition) is 1. The Morgan fingerprint density at radius 3 is 0.812 bits per heavy atom. The van der Waals surface area contributed by atoms with Crippen molar-refractivity contribution in [3.63, 3.8) is 0 Å². The van der Waals surface area contributed by atoms with Gasteiger partial charge in [0, 0.05) is 12.8 Å². The van der Waals surface area contributed by atoms with E-state index in [9.17, 15) is 14.7 Å². The third-order valence-corrected chi connectivity index (χ3v) is 15.1. The van der Waals surface area contributed by atoms with Crippen LogP contribution in [0.5, 0.6) is 0 Å². The molecule has 5 nitrogen and oxygen atoms in total. The predicted molar refractivity (Wildman–Crippen MR) is 352 cm³/mol. The van der Waals surface area contributed by atoms with Gasteiger partial charge in [-0.15, -0.1) is 0 Å². The molecule has 1 unspecified atom stereocenters. The number of carbonyl (C=O) groups is 2. The molecule has 0 aromatic heterocycles. The fourth-order valence-corrected chi connectivity index (χ4v) is 9.92. The third kappa shape index (κ3) is 67.1. The van der Waals surface area contributed by atoms with Crippen LogP contribution in [-0.2, 0) is 19.1 Å². The summed E-state index contributed by atoms with van der Waals surface area (Å²) in [7, 11) is 0. The summed E-state index contributed by atoms with van der Waals surface area (Å²) in [6.45, 7) is 4.05. The second kappa shape index (κ2) is 69.8. The van der Waals surface area contributed by atoms with Gasteiger partial charge < -0.3 is 14.6 Å². The monoisotopic (exact) mass is 1110 g/mol. The lowest BCUT2D eigenvalue weighted by atomic mass is 10.0. The average Bonchev–Trinajstić information content (AvgIpc) is 3.46. The van der Waals surface area contributed by atoms with Crippen molar-refractivity contribution in [2.45, 2.75) is 341 Å². The highest BCUT2D eigenvalue weighted by Crippen LogP contribution is 2.17. The van der Waals surface area contributed by atoms with Gasteiger partial charge in [0.05, 0.1) is 6.61 Å². The molecule has 0 bridgehead atoms. The first-order chi connectivity index (χ1) is 39.6. The lowest BCUT2D eigenvalue weighted by Gasteiger charge is -2.15. The first kappa shape index (κ1) is 76.6. The molecule has 0 fully saturated rings. The number of aliphatic hydroxyl groups is 1. The number of aliphatic hydroxyl groups excluding tert-OH is 1. The Bertz CT molecular complexity index is 1540. The van der Waals surface area contributed by atoms with E-state index in [2.05, 4.69) is 123 Å². The molecule has 460 valence electrons. The quantitative estimate of drug-likeness (QED) is 0.0373. The summed E-state index contributed by atoms with van der Waals surface area (Å²) < 4.78 is 10.8. The SMILES string of the molecule is CC/C=C\C/C=C\C/C=C\C/C=C\C/C=C\C/C=C\C/C=C\CCCCCCCCCCCCCCCCCCCCCC(=O)OC(CO)COC(=O)CCCCCCCCCCCCCCC/C=C\C/C=C\CCCCCCC. The molecule has 0 aliphatic rings. The molecule has 0 aromatic rings. The average molecular weight is 1110 g/mol. The highest BCUT2D eigenvalue weighted by Gasteiger charge is 2.16. The van der Waals surface area contributed by atoms with Crippen molar-refractivity contribution in [2.75, 3.05) is 13.2 Å². The van der Waals surface area contributed by atoms with Crippen LogP contribution in [-0.4, -0.2) is 36.4 Å². The summed E-state index contributed by atoms with van der Waals surface area (Å²) in [6, 6.07) is 0. The summed E-state index contributed by atoms with van der Waals surface area (Å²) in [6.07, 6.45) is 101. The minimum atomic E-state index is -0.776. The van der Waals surface area contributed by atoms with E-state index in [4.69, 9.17) is 9.47 Å². The van der Waals surface area contributed by atoms with Gasteiger partial charge in [-0.2, -0.15) is 0 Å². The molecule has 0 amide bonds. The molecule has 0 rings (SSSR count). The van der Waals surface area contributed by atoms with Gasteiger partial charge in [0.1, 0.15) is 6.61 Å². The largest absolute Gasteiger partial charge is 0.462 e. The molecule has 0 aliphatic carbocycles. The van der Waals surface area contributed by atoms with Crippen LogP contribution in [0.15, 0.2) is 109 Å². The van der Waals surface area contributed by atoms with E-state index in [-0.39, 0.29) is 25.2 Å². The maximum absolute atomic E-state index is 12.4. The van der Waals surface area contributed by atoms with E-state index >= 15 is 0 Å². The number of hydrogen-bond acceptors (Lipinski definition) is 5. The van der Waals surface area contributed by atoms with E-state index in [0.717, 1.165) is 89.9 Å². The minimum Gasteiger partial charge on any atom is -0.462 e. The van der Waals surface area contributed by atoms with Gasteiger partial charge in [-0.25, -0.2) is 0 Å². The van der Waals surface area contributed by atoms with Gasteiger partial charge in [-0.3, -0.25) is 9.59 Å². The first-order valence-electron chi connectivity index (χ1n) is 34.4. The zero-order valence-electron chi connectivity index (χ0n) is 52.8. The summed E-state index contributed by atoms with van der Waals surface area (Å²) in [5, 5.41) is 9.70. The minimum absolute atomic E-state index is 0.0660. The number of esters is 2. The molecule has 5 heteroatoms. The number of rotatable bonds is 63. The zero-order valence-corrected chi connectivity index (χ0v) is 52.8. The van der Waals surface area contributed by atoms with Gasteiger partial charge in [0.15, 0.2) is 6.10 Å². The molecule has 1 N–H and O–H groups in total. The number of unbranched alkanes of at least 4 members (excludes halogenated alkanes) is 37. The van der Waals surface area contributed by atoms with Crippen LogP contribution in [0.25, 0.3) is 0 Å². The van der Waals surface area contributed by atoms with Crippen molar-refractivity contribution in [3.8, 4) is 0 Å². The van der Waals surface area contributed by atoms with Crippen molar-refractivity contribution in [2.24, 2.45) is 0 Å². The van der Waals surface area contributed by atoms with Crippen molar-refractivity contribution < 1.29 is 24.2 Å². The van der Waals surface area contributed by atoms with Crippen molar-refractivity contribution >= 4 is 11.9 Å². The Morgan fingerprint density at radius 2 is 0.537 bits per heavy atom. The maximum atomic E-state index is 12.4. The Kier molecular flexibility index (Phi) is 66.8. The van der Waals surface area contributed by atoms with Gasteiger partial charge in [-0.05, 0) is 103 Å². The molecule has 0 saturated carbocycles. The van der Waals surface area contributed by atoms with Crippen LogP contribution < -0.4 is 0 Å². The second-order valence-electron chi connectivity index (χ2n) is 22.9. The smallest absolute Gasteiger partial charge is 0.306 e. The topological polar surface area (TPSA) is 72.8 Å². The van der Waals surface area contributed by atoms with Crippen molar-refractivity contribution in [3.05, 3.63) is 109 Å². The Morgan fingerprint density at radius 1 is 0.300 bits per heavy atom. The van der Waals surface area contributed by atoms with Crippen LogP contribution in [0, 0.1) is 0 Å². The summed E-state index contributed by atoms with van der Waals surface area (Å²) in [5.74, 6) is -0.579. The normalized spacial score (nSPS) is 12.9. The van der Waals surface area contributed by atoms with Crippen molar-refractivity contribution in [1.29, 1.82) is 0 Å². The lowest BCUT2D eigenvalue weighted by molar-refractivity contribution is -0.161. The summed E-state index contributed by atoms with van der Waals surface area (Å²) in [5.41, 5.74) is 0. The molecular formula is C75H130O5. The van der Waals surface area contributed by atoms with Crippen LogP contribution in [0.1, 0.15) is 335 Å². The molecular weight excluding hydrogens is 981 g/mol. The number of allylic oxidation sites excluding steroid dienone is 18. The standard InChI is InChI=1S/C75H130O5/c1-3-5-7-9-11-13-15-17-19-21-23-25-27-29-30-31-32-33-34-35-36-37-38-39-40-41-42-43-44-46-48-50-52-54-56-58-60-62-64-66-68-70-75(78)80-73(71-76)72-79-74(77)69-67-65-63-61-59-57-55-53-51-49-47-45-28-26-24-22-20-18-16-14-12-10-8-6-4-2/h5,7,11,13,16-19,22-25,29-30,32-33,35-36,73,76H,3-4,6,8-10,12,14-15,20-21,26-28,31,34,37-72H2,1-2H3/b7-5-,13-11-,18-16-,19-17-,24-22-,25-23-,30-29-,33-32-,36-35-.